The predicted octanol–water partition coefficient (Wildman–Crippen LogP) is 4.45. The van der Waals surface area contributed by atoms with Crippen LogP contribution in [-0.2, 0) is 9.53 Å². The number of rotatable bonds is 6. The first kappa shape index (κ1) is 27.6. The number of hydrogen-bond acceptors (Lipinski definition) is 7. The number of carbonyl (C=O) groups is 2. The number of fused-ring (bicyclic) bond motifs is 1. The second-order valence-corrected chi connectivity index (χ2v) is 11.2. The van der Waals surface area contributed by atoms with Gasteiger partial charge in [0, 0.05) is 56.3 Å². The molecular weight excluding hydrogens is 522 g/mol. The molecule has 4 heterocycles. The van der Waals surface area contributed by atoms with Gasteiger partial charge in [-0.15, -0.1) is 0 Å². The summed E-state index contributed by atoms with van der Waals surface area (Å²) in [6.07, 6.45) is 0.666. The molecule has 2 aliphatic rings. The third-order valence-corrected chi connectivity index (χ3v) is 7.16. The average molecular weight is 557 g/mol. The highest BCUT2D eigenvalue weighted by atomic mass is 19.3. The molecule has 0 saturated carbocycles. The van der Waals surface area contributed by atoms with E-state index in [0.717, 1.165) is 22.1 Å². The van der Waals surface area contributed by atoms with Crippen LogP contribution in [0.5, 0.6) is 5.88 Å². The molecule has 2 amide bonds. The SMILES string of the molecule is C[C@@H](Oc1nc(-c2ccc(N3CCN(C(=O)OC(C)(C)C)CC3)cc2)cc2ncn(C(F)F)c12)C1CNC(=O)C1. The average Bonchev–Trinajstić information content (AvgIpc) is 3.54. The van der Waals surface area contributed by atoms with Gasteiger partial charge in [-0.1, -0.05) is 12.1 Å². The second-order valence-electron chi connectivity index (χ2n) is 11.2. The molecule has 2 fully saturated rings. The van der Waals surface area contributed by atoms with Crippen LogP contribution in [0.15, 0.2) is 36.7 Å². The van der Waals surface area contributed by atoms with Crippen LogP contribution >= 0.6 is 0 Å². The fourth-order valence-electron chi connectivity index (χ4n) is 4.95. The summed E-state index contributed by atoms with van der Waals surface area (Å²) in [5.74, 6) is -0.0956. The molecule has 0 aliphatic carbocycles. The minimum absolute atomic E-state index is 0.0551. The van der Waals surface area contributed by atoms with Gasteiger partial charge in [0.2, 0.25) is 11.8 Å². The van der Waals surface area contributed by atoms with Crippen molar-refractivity contribution in [2.24, 2.45) is 5.92 Å². The number of nitrogens with zero attached hydrogens (tertiary/aromatic N) is 5. The molecule has 10 nitrogen and oxygen atoms in total. The van der Waals surface area contributed by atoms with Crippen molar-refractivity contribution >= 4 is 28.7 Å². The fraction of sp³-hybridized carbons (Fsp3) is 0.500. The molecule has 214 valence electrons. The number of hydrogen-bond donors (Lipinski definition) is 1. The minimum atomic E-state index is -2.81. The van der Waals surface area contributed by atoms with Gasteiger partial charge in [0.25, 0.3) is 0 Å². The van der Waals surface area contributed by atoms with Gasteiger partial charge in [0.1, 0.15) is 23.5 Å². The highest BCUT2D eigenvalue weighted by Crippen LogP contribution is 2.33. The molecular formula is C28H34F2N6O4. The topological polar surface area (TPSA) is 102 Å². The van der Waals surface area contributed by atoms with Crippen LogP contribution < -0.4 is 15.0 Å². The van der Waals surface area contributed by atoms with Crippen molar-refractivity contribution in [3.63, 3.8) is 0 Å². The number of ether oxygens (including phenoxy) is 2. The number of piperazine rings is 1. The zero-order valence-electron chi connectivity index (χ0n) is 23.1. The molecule has 2 saturated heterocycles. The number of pyridine rings is 1. The Bertz CT molecular complexity index is 1380. The van der Waals surface area contributed by atoms with Crippen LogP contribution in [0, 0.1) is 5.92 Å². The van der Waals surface area contributed by atoms with Crippen molar-refractivity contribution in [1.82, 2.24) is 24.8 Å². The predicted molar refractivity (Wildman–Crippen MR) is 145 cm³/mol. The van der Waals surface area contributed by atoms with Gasteiger partial charge in [-0.25, -0.2) is 14.8 Å². The van der Waals surface area contributed by atoms with E-state index in [4.69, 9.17) is 9.47 Å². The summed E-state index contributed by atoms with van der Waals surface area (Å²) in [6, 6.07) is 9.45. The van der Waals surface area contributed by atoms with Gasteiger partial charge < -0.3 is 24.6 Å². The van der Waals surface area contributed by atoms with Gasteiger partial charge in [-0.3, -0.25) is 9.36 Å². The lowest BCUT2D eigenvalue weighted by molar-refractivity contribution is -0.119. The molecule has 3 aromatic rings. The number of carbonyl (C=O) groups excluding carboxylic acids is 2. The molecule has 0 bridgehead atoms. The molecule has 0 spiro atoms. The second kappa shape index (κ2) is 10.9. The molecule has 1 N–H and O–H groups in total. The number of anilines is 1. The Labute approximate surface area is 231 Å². The van der Waals surface area contributed by atoms with Crippen molar-refractivity contribution in [2.45, 2.75) is 52.4 Å². The fourth-order valence-corrected chi connectivity index (χ4v) is 4.95. The number of imidazole rings is 1. The van der Waals surface area contributed by atoms with Crippen molar-refractivity contribution in [1.29, 1.82) is 0 Å². The van der Waals surface area contributed by atoms with E-state index >= 15 is 0 Å². The smallest absolute Gasteiger partial charge is 0.410 e. The number of nitrogens with one attached hydrogen (secondary N) is 1. The van der Waals surface area contributed by atoms with Crippen LogP contribution in [0.25, 0.3) is 22.3 Å². The first-order chi connectivity index (χ1) is 19.0. The van der Waals surface area contributed by atoms with Gasteiger partial charge in [-0.05, 0) is 45.9 Å². The van der Waals surface area contributed by atoms with Gasteiger partial charge in [0.05, 0.1) is 11.2 Å². The third-order valence-electron chi connectivity index (χ3n) is 7.16. The maximum atomic E-state index is 13.7. The highest BCUT2D eigenvalue weighted by molar-refractivity contribution is 5.85. The standard InChI is InChI=1S/C28H34F2N6O4/c1-17(19-13-23(37)31-15-19)39-25-24-22(32-16-36(24)26(29)30)14-21(33-25)18-5-7-20(8-6-18)34-9-11-35(12-10-34)27(38)40-28(2,3)4/h5-8,14,16-17,19,26H,9-13,15H2,1-4H3,(H,31,37)/t17-,19?/m1/s1. The Balaban J connectivity index is 1.34. The van der Waals surface area contributed by atoms with E-state index in [1.54, 1.807) is 11.0 Å². The first-order valence-corrected chi connectivity index (χ1v) is 13.4. The molecule has 12 heteroatoms. The Morgan fingerprint density at radius 1 is 1.12 bits per heavy atom. The molecule has 5 rings (SSSR count). The lowest BCUT2D eigenvalue weighted by Gasteiger charge is -2.36. The first-order valence-electron chi connectivity index (χ1n) is 13.4. The van der Waals surface area contributed by atoms with Crippen molar-refractivity contribution in [3.8, 4) is 17.1 Å². The zero-order valence-corrected chi connectivity index (χ0v) is 23.1. The summed E-state index contributed by atoms with van der Waals surface area (Å²) in [5.41, 5.74) is 2.24. The van der Waals surface area contributed by atoms with Crippen molar-refractivity contribution < 1.29 is 27.8 Å². The number of aromatic nitrogens is 3. The van der Waals surface area contributed by atoms with Crippen LogP contribution in [-0.4, -0.2) is 75.9 Å². The number of halogens is 2. The summed E-state index contributed by atoms with van der Waals surface area (Å²) in [4.78, 5) is 36.8. The van der Waals surface area contributed by atoms with Crippen LogP contribution in [0.3, 0.4) is 0 Å². The third kappa shape index (κ3) is 5.95. The van der Waals surface area contributed by atoms with E-state index in [1.807, 2.05) is 52.0 Å². The van der Waals surface area contributed by atoms with Crippen molar-refractivity contribution in [3.05, 3.63) is 36.7 Å². The lowest BCUT2D eigenvalue weighted by atomic mass is 10.0. The maximum Gasteiger partial charge on any atom is 0.410 e. The Morgan fingerprint density at radius 2 is 1.82 bits per heavy atom. The molecule has 2 aromatic heterocycles. The van der Waals surface area contributed by atoms with E-state index < -0.39 is 18.3 Å². The Hall–Kier alpha value is -3.96. The molecule has 2 atom stereocenters. The van der Waals surface area contributed by atoms with Gasteiger partial charge >= 0.3 is 12.6 Å². The van der Waals surface area contributed by atoms with Gasteiger partial charge in [-0.2, -0.15) is 8.78 Å². The molecule has 1 unspecified atom stereocenters. The summed E-state index contributed by atoms with van der Waals surface area (Å²) in [6.45, 7) is 7.48. The minimum Gasteiger partial charge on any atom is -0.473 e. The summed E-state index contributed by atoms with van der Waals surface area (Å²) in [5, 5.41) is 2.78. The van der Waals surface area contributed by atoms with Crippen LogP contribution in [0.4, 0.5) is 19.3 Å². The Kier molecular flexibility index (Phi) is 7.52. The lowest BCUT2D eigenvalue weighted by Crippen LogP contribution is -2.50. The quantitative estimate of drug-likeness (QED) is 0.479. The number of amides is 2. The summed E-state index contributed by atoms with van der Waals surface area (Å²) in [7, 11) is 0. The maximum absolute atomic E-state index is 13.7. The Morgan fingerprint density at radius 3 is 2.42 bits per heavy atom. The van der Waals surface area contributed by atoms with Crippen LogP contribution in [0.2, 0.25) is 0 Å². The van der Waals surface area contributed by atoms with E-state index in [9.17, 15) is 18.4 Å². The number of alkyl halides is 2. The zero-order chi connectivity index (χ0) is 28.6. The van der Waals surface area contributed by atoms with Gasteiger partial charge in [0.15, 0.2) is 0 Å². The van der Waals surface area contributed by atoms with E-state index in [-0.39, 0.29) is 29.3 Å². The number of benzene rings is 1. The molecule has 0 radical (unpaired) electrons. The van der Waals surface area contributed by atoms with E-state index in [1.165, 1.54) is 0 Å². The summed E-state index contributed by atoms with van der Waals surface area (Å²) < 4.78 is 39.8. The van der Waals surface area contributed by atoms with E-state index in [2.05, 4.69) is 20.2 Å². The molecule has 40 heavy (non-hydrogen) atoms. The normalized spacial score (nSPS) is 18.8. The highest BCUT2D eigenvalue weighted by Gasteiger charge is 2.30. The van der Waals surface area contributed by atoms with Crippen molar-refractivity contribution in [2.75, 3.05) is 37.6 Å². The molecule has 2 aliphatic heterocycles. The van der Waals surface area contributed by atoms with E-state index in [0.29, 0.717) is 50.4 Å². The monoisotopic (exact) mass is 556 g/mol. The molecule has 1 aromatic carbocycles. The van der Waals surface area contributed by atoms with Crippen LogP contribution in [0.1, 0.15) is 40.7 Å². The summed E-state index contributed by atoms with van der Waals surface area (Å²) >= 11 is 0. The largest absolute Gasteiger partial charge is 0.473 e.